The zero-order chi connectivity index (χ0) is 29.1. The highest BCUT2D eigenvalue weighted by molar-refractivity contribution is 5.80. The maximum absolute atomic E-state index is 12.1. The van der Waals surface area contributed by atoms with Gasteiger partial charge in [-0.1, -0.05) is 0 Å². The number of ether oxygens (including phenoxy) is 2. The number of nitrogens with one attached hydrogen (secondary N) is 1. The summed E-state index contributed by atoms with van der Waals surface area (Å²) >= 11 is 0. The summed E-state index contributed by atoms with van der Waals surface area (Å²) in [5, 5.41) is 22.7. The van der Waals surface area contributed by atoms with Crippen LogP contribution < -0.4 is 15.0 Å². The lowest BCUT2D eigenvalue weighted by atomic mass is 10.1. The summed E-state index contributed by atoms with van der Waals surface area (Å²) in [6, 6.07) is 18.3. The number of likely N-dealkylation sites (tertiary alicyclic amines) is 1. The van der Waals surface area contributed by atoms with E-state index in [4.69, 9.17) is 9.47 Å². The van der Waals surface area contributed by atoms with Gasteiger partial charge in [0.15, 0.2) is 0 Å². The summed E-state index contributed by atoms with van der Waals surface area (Å²) in [4.78, 5) is 27.7. The van der Waals surface area contributed by atoms with Crippen LogP contribution >= 0.6 is 0 Å². The lowest BCUT2D eigenvalue weighted by Crippen LogP contribution is -2.56. The number of aliphatic hydroxyl groups is 1. The average molecular weight is 570 g/mol. The van der Waals surface area contributed by atoms with E-state index in [9.17, 15) is 15.2 Å². The van der Waals surface area contributed by atoms with Crippen molar-refractivity contribution in [2.24, 2.45) is 0 Å². The fourth-order valence-corrected chi connectivity index (χ4v) is 5.59. The first-order valence-electron chi connectivity index (χ1n) is 14.4. The molecule has 3 aliphatic heterocycles. The molecule has 3 aliphatic rings. The minimum atomic E-state index is -1.04. The molecule has 1 aromatic heterocycles. The molecule has 3 fully saturated rings. The Balaban J connectivity index is 1.08. The number of nitriles is 1. The van der Waals surface area contributed by atoms with Crippen LogP contribution in [0.5, 0.6) is 5.75 Å². The molecule has 0 bridgehead atoms. The molecule has 0 radical (unpaired) electrons. The first-order chi connectivity index (χ1) is 20.5. The number of piperazine rings is 1. The molecule has 11 nitrogen and oxygen atoms in total. The van der Waals surface area contributed by atoms with Crippen LogP contribution in [-0.2, 0) is 9.53 Å². The Morgan fingerprint density at radius 2 is 1.90 bits per heavy atom. The van der Waals surface area contributed by atoms with E-state index in [-0.39, 0.29) is 12.0 Å². The van der Waals surface area contributed by atoms with Crippen LogP contribution in [0.1, 0.15) is 18.9 Å². The van der Waals surface area contributed by atoms with Crippen molar-refractivity contribution in [2.45, 2.75) is 31.6 Å². The first-order valence-corrected chi connectivity index (χ1v) is 14.4. The average Bonchev–Trinajstić information content (AvgIpc) is 3.45. The van der Waals surface area contributed by atoms with Crippen molar-refractivity contribution in [2.75, 3.05) is 62.7 Å². The van der Waals surface area contributed by atoms with Crippen LogP contribution in [-0.4, -0.2) is 102 Å². The van der Waals surface area contributed by atoms with E-state index in [0.29, 0.717) is 48.5 Å². The number of anilines is 3. The van der Waals surface area contributed by atoms with Crippen molar-refractivity contribution >= 4 is 23.2 Å². The van der Waals surface area contributed by atoms with Crippen molar-refractivity contribution in [1.29, 1.82) is 5.26 Å². The smallest absolute Gasteiger partial charge is 0.251 e. The molecule has 2 unspecified atom stereocenters. The molecule has 42 heavy (non-hydrogen) atoms. The monoisotopic (exact) mass is 569 g/mol. The Morgan fingerprint density at radius 1 is 1.12 bits per heavy atom. The fourth-order valence-electron chi connectivity index (χ4n) is 5.59. The van der Waals surface area contributed by atoms with Gasteiger partial charge in [0.05, 0.1) is 37.1 Å². The standard InChI is InChI=1S/C31H35N7O4/c1-21(39)30(40)38-11-9-27(18-38)42-29-7-2-22(16-23(29)17-32)28-8-10-33-31(35-28)34-24-3-5-25(6-4-24)36-12-14-37(15-13-36)26-19-41-20-26/h2-8,10,16,21,26-27,39H,9,11-15,18-20H2,1H3,(H,33,34,35). The topological polar surface area (TPSA) is 127 Å². The van der Waals surface area contributed by atoms with Gasteiger partial charge in [0.1, 0.15) is 24.0 Å². The Hall–Kier alpha value is -4.24. The third-order valence-corrected chi connectivity index (χ3v) is 8.10. The van der Waals surface area contributed by atoms with Gasteiger partial charge in [-0.15, -0.1) is 0 Å². The van der Waals surface area contributed by atoms with Gasteiger partial charge in [0.2, 0.25) is 5.95 Å². The van der Waals surface area contributed by atoms with Crippen molar-refractivity contribution in [3.8, 4) is 23.1 Å². The van der Waals surface area contributed by atoms with Gasteiger partial charge < -0.3 is 29.7 Å². The molecule has 11 heteroatoms. The predicted molar refractivity (Wildman–Crippen MR) is 158 cm³/mol. The van der Waals surface area contributed by atoms with Crippen molar-refractivity contribution < 1.29 is 19.4 Å². The van der Waals surface area contributed by atoms with Gasteiger partial charge in [-0.2, -0.15) is 5.26 Å². The van der Waals surface area contributed by atoms with Crippen molar-refractivity contribution in [1.82, 2.24) is 19.8 Å². The second-order valence-electron chi connectivity index (χ2n) is 11.0. The zero-order valence-electron chi connectivity index (χ0n) is 23.6. The van der Waals surface area contributed by atoms with Gasteiger partial charge in [-0.3, -0.25) is 9.69 Å². The number of aliphatic hydroxyl groups excluding tert-OH is 1. The second kappa shape index (κ2) is 12.3. The zero-order valence-corrected chi connectivity index (χ0v) is 23.6. The number of nitrogens with zero attached hydrogens (tertiary/aromatic N) is 6. The predicted octanol–water partition coefficient (Wildman–Crippen LogP) is 2.64. The van der Waals surface area contributed by atoms with Crippen LogP contribution in [0.4, 0.5) is 17.3 Å². The molecular weight excluding hydrogens is 534 g/mol. The van der Waals surface area contributed by atoms with Crippen LogP contribution in [0.2, 0.25) is 0 Å². The second-order valence-corrected chi connectivity index (χ2v) is 11.0. The van der Waals surface area contributed by atoms with E-state index in [1.54, 1.807) is 29.3 Å². The molecule has 1 amide bonds. The maximum Gasteiger partial charge on any atom is 0.251 e. The van der Waals surface area contributed by atoms with Crippen LogP contribution in [0.3, 0.4) is 0 Å². The number of hydrogen-bond donors (Lipinski definition) is 2. The van der Waals surface area contributed by atoms with E-state index in [1.165, 1.54) is 12.6 Å². The SMILES string of the molecule is CC(O)C(=O)N1CCC(Oc2ccc(-c3ccnc(Nc4ccc(N5CCN(C6COC6)CC5)cc4)n3)cc2C#N)C1. The summed E-state index contributed by atoms with van der Waals surface area (Å²) in [6.45, 7) is 8.20. The van der Waals surface area contributed by atoms with E-state index in [1.807, 2.05) is 18.2 Å². The number of carbonyl (C=O) groups excluding carboxylic acids is 1. The molecule has 0 aliphatic carbocycles. The lowest BCUT2D eigenvalue weighted by molar-refractivity contribution is -0.138. The number of benzene rings is 2. The third kappa shape index (κ3) is 6.16. The quantitative estimate of drug-likeness (QED) is 0.418. The molecular formula is C31H35N7O4. The van der Waals surface area contributed by atoms with E-state index in [2.05, 4.69) is 43.3 Å². The molecule has 3 aromatic rings. The Kier molecular flexibility index (Phi) is 8.19. The molecule has 6 rings (SSSR count). The van der Waals surface area contributed by atoms with Crippen LogP contribution in [0.25, 0.3) is 11.3 Å². The van der Waals surface area contributed by atoms with Crippen LogP contribution in [0.15, 0.2) is 54.7 Å². The minimum absolute atomic E-state index is 0.237. The van der Waals surface area contributed by atoms with Crippen molar-refractivity contribution in [3.63, 3.8) is 0 Å². The highest BCUT2D eigenvalue weighted by Gasteiger charge is 2.30. The first kappa shape index (κ1) is 27.9. The largest absolute Gasteiger partial charge is 0.487 e. The number of rotatable bonds is 8. The Morgan fingerprint density at radius 3 is 2.60 bits per heavy atom. The van der Waals surface area contributed by atoms with E-state index >= 15 is 0 Å². The fraction of sp³-hybridized carbons (Fsp3) is 0.419. The summed E-state index contributed by atoms with van der Waals surface area (Å²) in [7, 11) is 0. The van der Waals surface area contributed by atoms with Gasteiger partial charge in [-0.05, 0) is 55.5 Å². The number of carbonyl (C=O) groups is 1. The Labute approximate surface area is 245 Å². The van der Waals surface area contributed by atoms with Gasteiger partial charge in [0, 0.05) is 62.3 Å². The summed E-state index contributed by atoms with van der Waals surface area (Å²) in [5.74, 6) is 0.614. The molecule has 3 saturated heterocycles. The summed E-state index contributed by atoms with van der Waals surface area (Å²) in [5.41, 5.74) is 3.92. The number of amides is 1. The molecule has 2 N–H and O–H groups in total. The van der Waals surface area contributed by atoms with Gasteiger partial charge in [0.25, 0.3) is 5.91 Å². The highest BCUT2D eigenvalue weighted by Crippen LogP contribution is 2.29. The van der Waals surface area contributed by atoms with Gasteiger partial charge in [-0.25, -0.2) is 9.97 Å². The third-order valence-electron chi connectivity index (χ3n) is 8.10. The van der Waals surface area contributed by atoms with Crippen LogP contribution in [0, 0.1) is 11.3 Å². The molecule has 0 saturated carbocycles. The molecule has 2 aromatic carbocycles. The highest BCUT2D eigenvalue weighted by atomic mass is 16.5. The number of aromatic nitrogens is 2. The van der Waals surface area contributed by atoms with Crippen molar-refractivity contribution in [3.05, 3.63) is 60.3 Å². The minimum Gasteiger partial charge on any atom is -0.487 e. The van der Waals surface area contributed by atoms with E-state index < -0.39 is 6.10 Å². The molecule has 218 valence electrons. The molecule has 4 heterocycles. The Bertz CT molecular complexity index is 1450. The van der Waals surface area contributed by atoms with Gasteiger partial charge >= 0.3 is 0 Å². The number of hydrogen-bond acceptors (Lipinski definition) is 10. The normalized spacial score (nSPS) is 20.1. The maximum atomic E-state index is 12.1. The molecule has 0 spiro atoms. The lowest BCUT2D eigenvalue weighted by Gasteiger charge is -2.43. The molecule has 2 atom stereocenters. The van der Waals surface area contributed by atoms with E-state index in [0.717, 1.165) is 50.6 Å². The summed E-state index contributed by atoms with van der Waals surface area (Å²) < 4.78 is 11.4. The summed E-state index contributed by atoms with van der Waals surface area (Å²) in [6.07, 6.45) is 1.05.